The topological polar surface area (TPSA) is 87.8 Å². The van der Waals surface area contributed by atoms with Gasteiger partial charge in [-0.3, -0.25) is 14.2 Å². The van der Waals surface area contributed by atoms with Crippen LogP contribution in [0, 0.1) is 18.3 Å². The minimum atomic E-state index is -0.331. The second kappa shape index (κ2) is 8.93. The quantitative estimate of drug-likeness (QED) is 0.408. The molecule has 0 radical (unpaired) electrons. The Morgan fingerprint density at radius 3 is 2.76 bits per heavy atom. The fourth-order valence-corrected chi connectivity index (χ4v) is 6.81. The summed E-state index contributed by atoms with van der Waals surface area (Å²) in [5.74, 6) is -0.331. The lowest BCUT2D eigenvalue weighted by molar-refractivity contribution is -0.116. The minimum absolute atomic E-state index is 0.148. The van der Waals surface area contributed by atoms with E-state index in [-0.39, 0.29) is 18.0 Å². The van der Waals surface area contributed by atoms with E-state index in [1.165, 1.54) is 44.9 Å². The van der Waals surface area contributed by atoms with E-state index < -0.39 is 0 Å². The molecule has 1 aromatic carbocycles. The largest absolute Gasteiger partial charge is 0.315 e. The number of anilines is 1. The van der Waals surface area contributed by atoms with E-state index in [4.69, 9.17) is 0 Å². The minimum Gasteiger partial charge on any atom is -0.315 e. The molecular formula is C25H22N4O2S2. The van der Waals surface area contributed by atoms with Gasteiger partial charge in [0.15, 0.2) is 0 Å². The maximum atomic E-state index is 13.2. The SMILES string of the molecule is Cc1c(-c2ccccc2)sc2ncn(CC(=O)Nc3sc4c(c3C#N)CCCCC4)c(=O)c12. The molecule has 0 bridgehead atoms. The van der Waals surface area contributed by atoms with Crippen molar-refractivity contribution in [2.45, 2.75) is 45.6 Å². The highest BCUT2D eigenvalue weighted by molar-refractivity contribution is 7.22. The Hall–Kier alpha value is -3.28. The summed E-state index contributed by atoms with van der Waals surface area (Å²) in [4.78, 5) is 33.4. The molecule has 166 valence electrons. The van der Waals surface area contributed by atoms with Crippen LogP contribution in [0.3, 0.4) is 0 Å². The number of thiophene rings is 2. The van der Waals surface area contributed by atoms with Crippen LogP contribution in [0.5, 0.6) is 0 Å². The van der Waals surface area contributed by atoms with Crippen molar-refractivity contribution in [2.75, 3.05) is 5.32 Å². The van der Waals surface area contributed by atoms with Gasteiger partial charge in [0.05, 0.1) is 17.3 Å². The van der Waals surface area contributed by atoms with Gasteiger partial charge in [0, 0.05) is 9.75 Å². The molecule has 4 aromatic rings. The molecule has 6 nitrogen and oxygen atoms in total. The number of benzene rings is 1. The Labute approximate surface area is 199 Å². The van der Waals surface area contributed by atoms with E-state index in [2.05, 4.69) is 16.4 Å². The lowest BCUT2D eigenvalue weighted by atomic mass is 10.1. The summed E-state index contributed by atoms with van der Waals surface area (Å²) in [5, 5.41) is 13.7. The Morgan fingerprint density at radius 2 is 1.97 bits per heavy atom. The van der Waals surface area contributed by atoms with Crippen LogP contribution in [0.1, 0.15) is 40.8 Å². The van der Waals surface area contributed by atoms with Gasteiger partial charge in [0.25, 0.3) is 5.56 Å². The zero-order valence-corrected chi connectivity index (χ0v) is 19.8. The number of hydrogen-bond donors (Lipinski definition) is 1. The molecule has 0 fully saturated rings. The van der Waals surface area contributed by atoms with Crippen LogP contribution in [-0.4, -0.2) is 15.5 Å². The molecule has 33 heavy (non-hydrogen) atoms. The number of amides is 1. The first-order valence-corrected chi connectivity index (χ1v) is 12.6. The number of hydrogen-bond acceptors (Lipinski definition) is 6. The molecule has 0 saturated carbocycles. The fraction of sp³-hybridized carbons (Fsp3) is 0.280. The summed E-state index contributed by atoms with van der Waals surface area (Å²) in [5.41, 5.74) is 3.35. The van der Waals surface area contributed by atoms with Crippen LogP contribution < -0.4 is 10.9 Å². The average molecular weight is 475 g/mol. The van der Waals surface area contributed by atoms with Gasteiger partial charge in [-0.2, -0.15) is 5.26 Å². The molecule has 1 aliphatic carbocycles. The van der Waals surface area contributed by atoms with Crippen molar-refractivity contribution in [2.24, 2.45) is 0 Å². The smallest absolute Gasteiger partial charge is 0.262 e. The summed E-state index contributed by atoms with van der Waals surface area (Å²) >= 11 is 2.98. The van der Waals surface area contributed by atoms with Crippen LogP contribution in [-0.2, 0) is 24.2 Å². The summed E-state index contributed by atoms with van der Waals surface area (Å²) in [6.45, 7) is 1.78. The first kappa shape index (κ1) is 21.6. The van der Waals surface area contributed by atoms with E-state index >= 15 is 0 Å². The van der Waals surface area contributed by atoms with E-state index in [0.29, 0.717) is 20.8 Å². The normalized spacial score (nSPS) is 13.3. The molecular weight excluding hydrogens is 452 g/mol. The molecule has 1 N–H and O–H groups in total. The van der Waals surface area contributed by atoms with Crippen LogP contribution in [0.4, 0.5) is 5.00 Å². The molecule has 3 heterocycles. The molecule has 0 unspecified atom stereocenters. The van der Waals surface area contributed by atoms with Crippen molar-refractivity contribution < 1.29 is 4.79 Å². The molecule has 1 aliphatic rings. The first-order chi connectivity index (χ1) is 16.1. The molecule has 5 rings (SSSR count). The van der Waals surface area contributed by atoms with Gasteiger partial charge in [-0.1, -0.05) is 36.8 Å². The third-order valence-electron chi connectivity index (χ3n) is 6.05. The average Bonchev–Trinajstić information content (AvgIpc) is 3.23. The third-order valence-corrected chi connectivity index (χ3v) is 8.51. The number of aromatic nitrogens is 2. The van der Waals surface area contributed by atoms with Crippen molar-refractivity contribution in [3.8, 4) is 16.5 Å². The fourth-order valence-electron chi connectivity index (χ4n) is 4.41. The number of rotatable bonds is 4. The number of carbonyl (C=O) groups is 1. The first-order valence-electron chi connectivity index (χ1n) is 10.9. The van der Waals surface area contributed by atoms with Gasteiger partial charge in [0.1, 0.15) is 22.4 Å². The van der Waals surface area contributed by atoms with E-state index in [0.717, 1.165) is 47.3 Å². The maximum Gasteiger partial charge on any atom is 0.262 e. The molecule has 8 heteroatoms. The van der Waals surface area contributed by atoms with Crippen molar-refractivity contribution in [1.29, 1.82) is 5.26 Å². The lowest BCUT2D eigenvalue weighted by Crippen LogP contribution is -2.27. The van der Waals surface area contributed by atoms with Crippen molar-refractivity contribution in [3.05, 3.63) is 68.6 Å². The van der Waals surface area contributed by atoms with E-state index in [9.17, 15) is 14.9 Å². The predicted octanol–water partition coefficient (Wildman–Crippen LogP) is 5.27. The van der Waals surface area contributed by atoms with Gasteiger partial charge in [-0.25, -0.2) is 4.98 Å². The molecule has 1 amide bonds. The monoisotopic (exact) mass is 474 g/mol. The number of carbonyl (C=O) groups excluding carboxylic acids is 1. The number of nitrogens with zero attached hydrogens (tertiary/aromatic N) is 3. The standard InChI is InChI=1S/C25H22N4O2S2/c1-15-21-24(33-22(15)16-8-4-2-5-9-16)27-14-29(25(21)31)13-20(30)28-23-18(12-26)17-10-6-3-7-11-19(17)32-23/h2,4-5,8-9,14H,3,6-7,10-11,13H2,1H3,(H,28,30). The Bertz CT molecular complexity index is 1460. The van der Waals surface area contributed by atoms with Crippen LogP contribution in [0.25, 0.3) is 20.7 Å². The molecule has 0 saturated heterocycles. The zero-order chi connectivity index (χ0) is 22.9. The Balaban J connectivity index is 1.43. The van der Waals surface area contributed by atoms with Crippen molar-refractivity contribution in [3.63, 3.8) is 0 Å². The van der Waals surface area contributed by atoms with Crippen LogP contribution in [0.2, 0.25) is 0 Å². The Morgan fingerprint density at radius 1 is 1.18 bits per heavy atom. The third kappa shape index (κ3) is 3.99. The van der Waals surface area contributed by atoms with Crippen molar-refractivity contribution in [1.82, 2.24) is 9.55 Å². The lowest BCUT2D eigenvalue weighted by Gasteiger charge is -2.07. The van der Waals surface area contributed by atoms with Gasteiger partial charge < -0.3 is 5.32 Å². The van der Waals surface area contributed by atoms with Crippen molar-refractivity contribution >= 4 is 43.8 Å². The molecule has 0 aliphatic heterocycles. The zero-order valence-electron chi connectivity index (χ0n) is 18.2. The molecule has 0 atom stereocenters. The number of fused-ring (bicyclic) bond motifs is 2. The number of nitriles is 1. The highest BCUT2D eigenvalue weighted by Gasteiger charge is 2.22. The summed E-state index contributed by atoms with van der Waals surface area (Å²) in [7, 11) is 0. The predicted molar refractivity (Wildman–Crippen MR) is 133 cm³/mol. The highest BCUT2D eigenvalue weighted by atomic mass is 32.1. The second-order valence-electron chi connectivity index (χ2n) is 8.21. The summed E-state index contributed by atoms with van der Waals surface area (Å²) in [6, 6.07) is 12.2. The second-order valence-corrected chi connectivity index (χ2v) is 10.3. The number of aryl methyl sites for hydroxylation is 2. The van der Waals surface area contributed by atoms with E-state index in [1.54, 1.807) is 0 Å². The van der Waals surface area contributed by atoms with Crippen LogP contribution in [0.15, 0.2) is 41.5 Å². The Kier molecular flexibility index (Phi) is 5.83. The van der Waals surface area contributed by atoms with Gasteiger partial charge in [-0.05, 0) is 49.3 Å². The van der Waals surface area contributed by atoms with Crippen LogP contribution >= 0.6 is 22.7 Å². The molecule has 3 aromatic heterocycles. The highest BCUT2D eigenvalue weighted by Crippen LogP contribution is 2.37. The molecule has 0 spiro atoms. The summed E-state index contributed by atoms with van der Waals surface area (Å²) in [6.07, 6.45) is 6.61. The maximum absolute atomic E-state index is 13.2. The van der Waals surface area contributed by atoms with Gasteiger partial charge in [0.2, 0.25) is 5.91 Å². The van der Waals surface area contributed by atoms with Gasteiger partial charge in [-0.15, -0.1) is 22.7 Å². The number of nitrogens with one attached hydrogen (secondary N) is 1. The van der Waals surface area contributed by atoms with Gasteiger partial charge >= 0.3 is 0 Å². The summed E-state index contributed by atoms with van der Waals surface area (Å²) < 4.78 is 1.34. The van der Waals surface area contributed by atoms with E-state index in [1.807, 2.05) is 37.3 Å².